The van der Waals surface area contributed by atoms with Gasteiger partial charge in [0.15, 0.2) is 0 Å². The third-order valence-electron chi connectivity index (χ3n) is 1.84. The van der Waals surface area contributed by atoms with Crippen LogP contribution in [0.1, 0.15) is 0 Å². The number of aliphatic carboxylic acids is 1. The fourth-order valence-electron chi connectivity index (χ4n) is 1.13. The number of carboxylic acid groups (broad SMARTS) is 1. The summed E-state index contributed by atoms with van der Waals surface area (Å²) in [4.78, 5) is 23.1. The van der Waals surface area contributed by atoms with Crippen LogP contribution in [0.3, 0.4) is 0 Å². The first-order valence-corrected chi connectivity index (χ1v) is 5.08. The first-order chi connectivity index (χ1) is 7.06. The number of rotatable bonds is 3. The average Bonchev–Trinajstić information content (AvgIpc) is 2.27. The van der Waals surface area contributed by atoms with E-state index in [1.165, 1.54) is 18.4 Å². The fourth-order valence-corrected chi connectivity index (χ4v) is 1.63. The molecule has 1 aliphatic heterocycles. The van der Waals surface area contributed by atoms with Gasteiger partial charge in [-0.05, 0) is 12.2 Å². The molecule has 1 amide bonds. The Morgan fingerprint density at radius 3 is 2.87 bits per heavy atom. The van der Waals surface area contributed by atoms with Gasteiger partial charge in [-0.1, -0.05) is 4.57 Å². The van der Waals surface area contributed by atoms with Crippen LogP contribution < -0.4 is 5.73 Å². The zero-order valence-electron chi connectivity index (χ0n) is 7.71. The summed E-state index contributed by atoms with van der Waals surface area (Å²) in [5.41, 5.74) is 4.73. The molecule has 1 rings (SSSR count). The third kappa shape index (κ3) is 2.63. The first kappa shape index (κ1) is 11.4. The summed E-state index contributed by atoms with van der Waals surface area (Å²) in [7, 11) is -0.922. The molecule has 1 aliphatic rings. The van der Waals surface area contributed by atoms with Crippen LogP contribution in [0.2, 0.25) is 0 Å². The van der Waals surface area contributed by atoms with E-state index in [2.05, 4.69) is 0 Å². The minimum atomic E-state index is -1.14. The van der Waals surface area contributed by atoms with Crippen LogP contribution in [0, 0.1) is 0 Å². The Labute approximate surface area is 87.2 Å². The van der Waals surface area contributed by atoms with Gasteiger partial charge in [0.05, 0.1) is 5.70 Å². The highest BCUT2D eigenvalue weighted by molar-refractivity contribution is 7.26. The van der Waals surface area contributed by atoms with Gasteiger partial charge >= 0.3 is 14.4 Å². The molecule has 15 heavy (non-hydrogen) atoms. The highest BCUT2D eigenvalue weighted by atomic mass is 31.1. The second-order valence-corrected chi connectivity index (χ2v) is 3.73. The maximum absolute atomic E-state index is 11.6. The molecule has 0 saturated carbocycles. The Morgan fingerprint density at radius 1 is 1.67 bits per heavy atom. The molecule has 2 unspecified atom stereocenters. The summed E-state index contributed by atoms with van der Waals surface area (Å²) in [5, 5.41) is 8.55. The maximum Gasteiger partial charge on any atom is 0.344 e. The lowest BCUT2D eigenvalue weighted by Crippen LogP contribution is -2.37. The SMILES string of the molecule is NC1=CC=CN(CC(=O)O)C(=O)C1[PH+]=O. The van der Waals surface area contributed by atoms with Crippen LogP contribution >= 0.6 is 8.46 Å². The predicted octanol–water partition coefficient (Wildman–Crippen LogP) is -0.338. The molecule has 0 aliphatic carbocycles. The normalized spacial score (nSPS) is 21.3. The lowest BCUT2D eigenvalue weighted by molar-refractivity contribution is -0.142. The van der Waals surface area contributed by atoms with Crippen molar-refractivity contribution in [3.05, 3.63) is 24.0 Å². The van der Waals surface area contributed by atoms with Gasteiger partial charge in [-0.25, -0.2) is 0 Å². The second kappa shape index (κ2) is 4.70. The molecule has 0 radical (unpaired) electrons. The lowest BCUT2D eigenvalue weighted by Gasteiger charge is -2.14. The summed E-state index contributed by atoms with van der Waals surface area (Å²) in [6.07, 6.45) is 4.20. The number of amides is 1. The quantitative estimate of drug-likeness (QED) is 0.645. The van der Waals surface area contributed by atoms with E-state index in [0.29, 0.717) is 0 Å². The Balaban J connectivity index is 2.91. The molecule has 0 saturated heterocycles. The molecular formula is C8H10N2O4P+. The molecule has 80 valence electrons. The zero-order chi connectivity index (χ0) is 11.4. The monoisotopic (exact) mass is 229 g/mol. The summed E-state index contributed by atoms with van der Waals surface area (Å²) in [6, 6.07) is 0. The number of nitrogens with two attached hydrogens (primary N) is 1. The fraction of sp³-hybridized carbons (Fsp3) is 0.250. The summed E-state index contributed by atoms with van der Waals surface area (Å²) >= 11 is 0. The van der Waals surface area contributed by atoms with E-state index in [-0.39, 0.29) is 5.70 Å². The number of carbonyl (C=O) groups excluding carboxylic acids is 1. The number of nitrogens with zero attached hydrogens (tertiary/aromatic N) is 1. The Bertz CT molecular complexity index is 364. The molecule has 1 heterocycles. The van der Waals surface area contributed by atoms with E-state index in [0.717, 1.165) is 4.90 Å². The number of carboxylic acids is 1. The molecule has 6 nitrogen and oxygen atoms in total. The van der Waals surface area contributed by atoms with E-state index in [1.54, 1.807) is 0 Å². The van der Waals surface area contributed by atoms with E-state index >= 15 is 0 Å². The number of hydrogen-bond donors (Lipinski definition) is 2. The molecule has 0 aromatic carbocycles. The van der Waals surface area contributed by atoms with E-state index in [4.69, 9.17) is 10.8 Å². The molecule has 0 bridgehead atoms. The zero-order valence-corrected chi connectivity index (χ0v) is 8.71. The van der Waals surface area contributed by atoms with E-state index in [9.17, 15) is 14.2 Å². The van der Waals surface area contributed by atoms with Crippen molar-refractivity contribution in [2.24, 2.45) is 5.73 Å². The summed E-state index contributed by atoms with van der Waals surface area (Å²) < 4.78 is 10.8. The Hall–Kier alpha value is -1.68. The van der Waals surface area contributed by atoms with Crippen molar-refractivity contribution in [2.45, 2.75) is 5.66 Å². The van der Waals surface area contributed by atoms with Gasteiger partial charge < -0.3 is 15.7 Å². The van der Waals surface area contributed by atoms with E-state index < -0.39 is 32.5 Å². The standard InChI is InChI=1S/C8H9N2O4P/c9-5-2-1-3-10(4-6(11)12)8(13)7(5)15-14/h1-3,7H,4,9H2,(H,11,12)/p+1. The third-order valence-corrected chi connectivity index (χ3v) is 2.66. The lowest BCUT2D eigenvalue weighted by atomic mass is 10.3. The largest absolute Gasteiger partial charge is 0.480 e. The summed E-state index contributed by atoms with van der Waals surface area (Å²) in [5.74, 6) is -1.70. The van der Waals surface area contributed by atoms with Crippen molar-refractivity contribution in [3.8, 4) is 0 Å². The highest BCUT2D eigenvalue weighted by Crippen LogP contribution is 2.18. The topological polar surface area (TPSA) is 101 Å². The van der Waals surface area contributed by atoms with E-state index in [1.807, 2.05) is 0 Å². The van der Waals surface area contributed by atoms with Crippen LogP contribution in [-0.4, -0.2) is 34.1 Å². The van der Waals surface area contributed by atoms with Crippen LogP contribution in [0.25, 0.3) is 0 Å². The van der Waals surface area contributed by atoms with Gasteiger partial charge in [0, 0.05) is 6.20 Å². The Kier molecular flexibility index (Phi) is 3.57. The van der Waals surface area contributed by atoms with Gasteiger partial charge in [0.1, 0.15) is 6.54 Å². The molecule has 0 spiro atoms. The van der Waals surface area contributed by atoms with Gasteiger partial charge in [0.2, 0.25) is 0 Å². The predicted molar refractivity (Wildman–Crippen MR) is 53.5 cm³/mol. The summed E-state index contributed by atoms with van der Waals surface area (Å²) in [6.45, 7) is -0.461. The van der Waals surface area contributed by atoms with Crippen LogP contribution in [0.15, 0.2) is 24.0 Å². The minimum absolute atomic E-state index is 0.178. The van der Waals surface area contributed by atoms with Crippen molar-refractivity contribution in [1.82, 2.24) is 4.90 Å². The molecular weight excluding hydrogens is 219 g/mol. The molecule has 0 fully saturated rings. The van der Waals surface area contributed by atoms with Crippen LogP contribution in [0.4, 0.5) is 0 Å². The molecule has 7 heteroatoms. The number of carbonyl (C=O) groups is 2. The van der Waals surface area contributed by atoms with Crippen LogP contribution in [-0.2, 0) is 14.2 Å². The van der Waals surface area contributed by atoms with Crippen molar-refractivity contribution in [3.63, 3.8) is 0 Å². The van der Waals surface area contributed by atoms with Gasteiger partial charge in [-0.15, -0.1) is 0 Å². The van der Waals surface area contributed by atoms with Crippen molar-refractivity contribution in [2.75, 3.05) is 6.54 Å². The second-order valence-electron chi connectivity index (χ2n) is 2.92. The smallest absolute Gasteiger partial charge is 0.344 e. The number of hydrogen-bond acceptors (Lipinski definition) is 4. The highest BCUT2D eigenvalue weighted by Gasteiger charge is 2.34. The molecule has 2 atom stereocenters. The first-order valence-electron chi connectivity index (χ1n) is 4.10. The van der Waals surface area contributed by atoms with Crippen molar-refractivity contribution < 1.29 is 19.3 Å². The van der Waals surface area contributed by atoms with Crippen LogP contribution in [0.5, 0.6) is 0 Å². The molecule has 3 N–H and O–H groups in total. The van der Waals surface area contributed by atoms with Crippen molar-refractivity contribution >= 4 is 20.3 Å². The molecule has 0 aromatic heterocycles. The van der Waals surface area contributed by atoms with Gasteiger partial charge in [-0.2, -0.15) is 0 Å². The Morgan fingerprint density at radius 2 is 2.33 bits per heavy atom. The van der Waals surface area contributed by atoms with Gasteiger partial charge in [-0.3, -0.25) is 9.59 Å². The number of allylic oxidation sites excluding steroid dienone is 2. The van der Waals surface area contributed by atoms with Gasteiger partial charge in [0.25, 0.3) is 11.6 Å². The average molecular weight is 229 g/mol. The maximum atomic E-state index is 11.6. The minimum Gasteiger partial charge on any atom is -0.480 e. The molecule has 0 aromatic rings. The van der Waals surface area contributed by atoms with Crippen molar-refractivity contribution in [1.29, 1.82) is 0 Å².